The molecule has 0 unspecified atom stereocenters. The first-order valence-electron chi connectivity index (χ1n) is 13.2. The summed E-state index contributed by atoms with van der Waals surface area (Å²) >= 11 is 6.12. The molecule has 4 aromatic rings. The van der Waals surface area contributed by atoms with E-state index < -0.39 is 5.60 Å². The maximum Gasteiger partial charge on any atom is 0.228 e. The van der Waals surface area contributed by atoms with Gasteiger partial charge in [-0.05, 0) is 42.0 Å². The number of anilines is 1. The zero-order valence-electron chi connectivity index (χ0n) is 21.8. The van der Waals surface area contributed by atoms with E-state index in [4.69, 9.17) is 16.7 Å². The van der Waals surface area contributed by atoms with Crippen molar-refractivity contribution in [1.82, 2.24) is 24.5 Å². The second-order valence-electron chi connectivity index (χ2n) is 10.8. The summed E-state index contributed by atoms with van der Waals surface area (Å²) in [6.07, 6.45) is 5.12. The van der Waals surface area contributed by atoms with E-state index in [1.165, 1.54) is 12.1 Å². The monoisotopic (exact) mass is 548 g/mol. The topological polar surface area (TPSA) is 86.9 Å². The van der Waals surface area contributed by atoms with Crippen molar-refractivity contribution in [3.05, 3.63) is 89.2 Å². The highest BCUT2D eigenvalue weighted by atomic mass is 35.5. The lowest BCUT2D eigenvalue weighted by Gasteiger charge is -2.48. The SMILES string of the molecule is C[C@@H]1CN(C(=O)[C@@H]2CN(c3ccc4nccn4n3)C[C@H]2c2ccc(Cl)cn2)C[C@H](C)[C@]1(O)c1ccc(F)cc1. The molecular formula is C29H30ClFN6O2. The predicted molar refractivity (Wildman–Crippen MR) is 146 cm³/mol. The van der Waals surface area contributed by atoms with Gasteiger partial charge in [0.15, 0.2) is 5.65 Å². The van der Waals surface area contributed by atoms with Crippen molar-refractivity contribution < 1.29 is 14.3 Å². The van der Waals surface area contributed by atoms with Crippen molar-refractivity contribution in [3.8, 4) is 0 Å². The van der Waals surface area contributed by atoms with E-state index in [0.717, 1.165) is 17.2 Å². The lowest BCUT2D eigenvalue weighted by atomic mass is 9.70. The minimum atomic E-state index is -1.16. The number of amides is 1. The van der Waals surface area contributed by atoms with Crippen molar-refractivity contribution in [2.24, 2.45) is 17.8 Å². The molecule has 2 aliphatic rings. The molecule has 2 fully saturated rings. The quantitative estimate of drug-likeness (QED) is 0.412. The minimum absolute atomic E-state index is 0.0304. The van der Waals surface area contributed by atoms with Crippen LogP contribution in [-0.2, 0) is 10.4 Å². The number of imidazole rings is 1. The Morgan fingerprint density at radius 2 is 1.74 bits per heavy atom. The zero-order valence-corrected chi connectivity index (χ0v) is 22.5. The molecule has 2 aliphatic heterocycles. The molecule has 6 rings (SSSR count). The summed E-state index contributed by atoms with van der Waals surface area (Å²) in [6.45, 7) is 5.76. The number of pyridine rings is 1. The molecule has 0 saturated carbocycles. The number of nitrogens with zero attached hydrogens (tertiary/aromatic N) is 6. The molecule has 5 atom stereocenters. The summed E-state index contributed by atoms with van der Waals surface area (Å²) in [5.41, 5.74) is 1.08. The van der Waals surface area contributed by atoms with E-state index in [1.807, 2.05) is 36.9 Å². The maximum absolute atomic E-state index is 14.2. The van der Waals surface area contributed by atoms with E-state index >= 15 is 0 Å². The fourth-order valence-corrected chi connectivity index (χ4v) is 6.43. The van der Waals surface area contributed by atoms with Gasteiger partial charge in [0, 0.05) is 68.2 Å². The Morgan fingerprint density at radius 3 is 2.44 bits per heavy atom. The third-order valence-electron chi connectivity index (χ3n) is 8.44. The van der Waals surface area contributed by atoms with E-state index in [-0.39, 0.29) is 35.4 Å². The second kappa shape index (κ2) is 9.88. The number of aromatic nitrogens is 4. The Morgan fingerprint density at radius 1 is 1.00 bits per heavy atom. The van der Waals surface area contributed by atoms with Crippen molar-refractivity contribution in [2.75, 3.05) is 31.1 Å². The number of aliphatic hydroxyl groups is 1. The van der Waals surface area contributed by atoms with Gasteiger partial charge in [-0.15, -0.1) is 5.10 Å². The first-order chi connectivity index (χ1) is 18.7. The van der Waals surface area contributed by atoms with Crippen LogP contribution in [0, 0.1) is 23.6 Å². The number of likely N-dealkylation sites (tertiary alicyclic amines) is 1. The summed E-state index contributed by atoms with van der Waals surface area (Å²) < 4.78 is 15.3. The Hall–Kier alpha value is -3.56. The molecule has 202 valence electrons. The molecular weight excluding hydrogens is 519 g/mol. The lowest BCUT2D eigenvalue weighted by molar-refractivity contribution is -0.152. The van der Waals surface area contributed by atoms with Gasteiger partial charge in [0.2, 0.25) is 5.91 Å². The molecule has 10 heteroatoms. The number of carbonyl (C=O) groups excluding carboxylic acids is 1. The first kappa shape index (κ1) is 25.7. The van der Waals surface area contributed by atoms with Crippen LogP contribution in [0.1, 0.15) is 31.0 Å². The molecule has 39 heavy (non-hydrogen) atoms. The van der Waals surface area contributed by atoms with Crippen LogP contribution >= 0.6 is 11.6 Å². The molecule has 5 heterocycles. The fraction of sp³-hybridized carbons (Fsp3) is 0.379. The molecule has 0 aliphatic carbocycles. The van der Waals surface area contributed by atoms with Gasteiger partial charge in [-0.25, -0.2) is 13.9 Å². The van der Waals surface area contributed by atoms with Crippen LogP contribution in [0.15, 0.2) is 67.1 Å². The minimum Gasteiger partial charge on any atom is -0.384 e. The Bertz CT molecular complexity index is 1480. The summed E-state index contributed by atoms with van der Waals surface area (Å²) in [5.74, 6) is -0.543. The van der Waals surface area contributed by atoms with E-state index in [2.05, 4.69) is 14.9 Å². The van der Waals surface area contributed by atoms with Crippen molar-refractivity contribution in [3.63, 3.8) is 0 Å². The number of carbonyl (C=O) groups is 1. The Kier molecular flexibility index (Phi) is 6.51. The van der Waals surface area contributed by atoms with Gasteiger partial charge in [-0.3, -0.25) is 9.78 Å². The number of benzene rings is 1. The van der Waals surface area contributed by atoms with E-state index in [0.29, 0.717) is 36.8 Å². The van der Waals surface area contributed by atoms with Gasteiger partial charge < -0.3 is 14.9 Å². The number of rotatable bonds is 4. The zero-order chi connectivity index (χ0) is 27.3. The van der Waals surface area contributed by atoms with Gasteiger partial charge >= 0.3 is 0 Å². The fourth-order valence-electron chi connectivity index (χ4n) is 6.32. The van der Waals surface area contributed by atoms with Crippen LogP contribution in [0.3, 0.4) is 0 Å². The average molecular weight is 549 g/mol. The highest BCUT2D eigenvalue weighted by molar-refractivity contribution is 6.30. The largest absolute Gasteiger partial charge is 0.384 e. The predicted octanol–water partition coefficient (Wildman–Crippen LogP) is 4.14. The van der Waals surface area contributed by atoms with E-state index in [9.17, 15) is 14.3 Å². The van der Waals surface area contributed by atoms with Gasteiger partial charge in [0.25, 0.3) is 0 Å². The standard InChI is InChI=1S/C29H30ClFN6O2/c1-18-14-36(15-19(2)29(18,39)20-3-6-22(31)7-4-20)28(38)24-17-35(16-23(24)25-8-5-21(30)13-33-25)27-10-9-26-32-11-12-37(26)34-27/h3-13,18-19,23-24,39H,14-17H2,1-2H3/t18-,19+,23-,24-,29+/m1/s1. The van der Waals surface area contributed by atoms with Crippen LogP contribution in [0.4, 0.5) is 10.2 Å². The molecule has 1 aromatic carbocycles. The normalized spacial score (nSPS) is 27.3. The Balaban J connectivity index is 1.28. The molecule has 8 nitrogen and oxygen atoms in total. The van der Waals surface area contributed by atoms with E-state index in [1.54, 1.807) is 41.3 Å². The highest BCUT2D eigenvalue weighted by Gasteiger charge is 2.49. The second-order valence-corrected chi connectivity index (χ2v) is 11.3. The number of hydrogen-bond donors (Lipinski definition) is 1. The number of hydrogen-bond acceptors (Lipinski definition) is 6. The van der Waals surface area contributed by atoms with Crippen LogP contribution in [-0.4, -0.2) is 61.7 Å². The number of fused-ring (bicyclic) bond motifs is 1. The molecule has 1 amide bonds. The van der Waals surface area contributed by atoms with Crippen LogP contribution in [0.5, 0.6) is 0 Å². The van der Waals surface area contributed by atoms with Gasteiger partial charge in [0.05, 0.1) is 16.5 Å². The third kappa shape index (κ3) is 4.53. The Labute approximate surface area is 231 Å². The summed E-state index contributed by atoms with van der Waals surface area (Å²) in [4.78, 5) is 27.0. The molecule has 0 spiro atoms. The lowest BCUT2D eigenvalue weighted by Crippen LogP contribution is -2.57. The van der Waals surface area contributed by atoms with Gasteiger partial charge in [-0.2, -0.15) is 0 Å². The third-order valence-corrected chi connectivity index (χ3v) is 8.67. The van der Waals surface area contributed by atoms with Crippen LogP contribution in [0.25, 0.3) is 5.65 Å². The number of piperidine rings is 1. The molecule has 3 aromatic heterocycles. The highest BCUT2D eigenvalue weighted by Crippen LogP contribution is 2.43. The van der Waals surface area contributed by atoms with Gasteiger partial charge in [0.1, 0.15) is 11.6 Å². The smallest absolute Gasteiger partial charge is 0.228 e. The average Bonchev–Trinajstić information content (AvgIpc) is 3.59. The first-order valence-corrected chi connectivity index (χ1v) is 13.6. The summed E-state index contributed by atoms with van der Waals surface area (Å²) in [7, 11) is 0. The molecule has 2 saturated heterocycles. The number of halogens is 2. The van der Waals surface area contributed by atoms with Crippen LogP contribution in [0.2, 0.25) is 5.02 Å². The maximum atomic E-state index is 14.2. The van der Waals surface area contributed by atoms with Crippen molar-refractivity contribution in [2.45, 2.75) is 25.4 Å². The molecule has 0 bridgehead atoms. The molecule has 1 N–H and O–H groups in total. The van der Waals surface area contributed by atoms with Crippen LogP contribution < -0.4 is 4.90 Å². The summed E-state index contributed by atoms with van der Waals surface area (Å²) in [5, 5.41) is 17.0. The summed E-state index contributed by atoms with van der Waals surface area (Å²) in [6, 6.07) is 13.6. The van der Waals surface area contributed by atoms with Gasteiger partial charge in [-0.1, -0.05) is 37.6 Å². The van der Waals surface area contributed by atoms with Crippen molar-refractivity contribution in [1.29, 1.82) is 0 Å². The van der Waals surface area contributed by atoms with Crippen molar-refractivity contribution >= 4 is 29.0 Å². The molecule has 0 radical (unpaired) electrons.